The van der Waals surface area contributed by atoms with Gasteiger partial charge in [-0.3, -0.25) is 4.98 Å². The maximum absolute atomic E-state index is 12.7. The number of pyridine rings is 1. The average molecular weight is 369 g/mol. The van der Waals surface area contributed by atoms with Gasteiger partial charge in [-0.25, -0.2) is 0 Å². The molecule has 2 aromatic heterocycles. The van der Waals surface area contributed by atoms with Crippen LogP contribution in [0, 0.1) is 6.92 Å². The fourth-order valence-electron chi connectivity index (χ4n) is 2.84. The molecule has 0 radical (unpaired) electrons. The predicted octanol–water partition coefficient (Wildman–Crippen LogP) is 5.96. The van der Waals surface area contributed by atoms with Crippen molar-refractivity contribution in [3.8, 4) is 11.3 Å². The van der Waals surface area contributed by atoms with Crippen LogP contribution in [-0.2, 0) is 6.18 Å². The minimum atomic E-state index is -4.36. The molecular weight excluding hydrogens is 355 g/mol. The minimum Gasteiger partial charge on any atom is -0.354 e. The molecule has 0 saturated heterocycles. The molecule has 27 heavy (non-hydrogen) atoms. The van der Waals surface area contributed by atoms with Crippen LogP contribution in [0.4, 0.5) is 24.7 Å². The first-order valence-electron chi connectivity index (χ1n) is 8.17. The second-order valence-electron chi connectivity index (χ2n) is 6.11. The van der Waals surface area contributed by atoms with E-state index in [1.54, 1.807) is 6.20 Å². The van der Waals surface area contributed by atoms with Gasteiger partial charge in [0.2, 0.25) is 0 Å². The summed E-state index contributed by atoms with van der Waals surface area (Å²) in [7, 11) is 0. The van der Waals surface area contributed by atoms with Crippen LogP contribution in [0.1, 0.15) is 11.1 Å². The summed E-state index contributed by atoms with van der Waals surface area (Å²) < 4.78 is 43.4. The Morgan fingerprint density at radius 2 is 1.78 bits per heavy atom. The Balaban J connectivity index is 1.63. The lowest BCUT2D eigenvalue weighted by Gasteiger charge is -2.08. The first-order chi connectivity index (χ1) is 12.9. The quantitative estimate of drug-likeness (QED) is 0.484. The zero-order valence-corrected chi connectivity index (χ0v) is 14.2. The zero-order chi connectivity index (χ0) is 19.0. The Labute approximate surface area is 152 Å². The van der Waals surface area contributed by atoms with Crippen LogP contribution in [-0.4, -0.2) is 10.1 Å². The number of aryl methyl sites for hydroxylation is 1. The molecule has 0 amide bonds. The van der Waals surface area contributed by atoms with Crippen molar-refractivity contribution in [2.75, 3.05) is 5.32 Å². The number of rotatable bonds is 3. The Morgan fingerprint density at radius 3 is 2.48 bits per heavy atom. The van der Waals surface area contributed by atoms with Crippen molar-refractivity contribution >= 4 is 22.5 Å². The molecule has 4 nitrogen and oxygen atoms in total. The largest absolute Gasteiger partial charge is 0.416 e. The number of hydrogen-bond acceptors (Lipinski definition) is 4. The van der Waals surface area contributed by atoms with Crippen molar-refractivity contribution in [3.63, 3.8) is 0 Å². The predicted molar refractivity (Wildman–Crippen MR) is 96.7 cm³/mol. The molecule has 0 aliphatic carbocycles. The molecule has 0 aliphatic heterocycles. The van der Waals surface area contributed by atoms with Crippen LogP contribution in [0.5, 0.6) is 0 Å². The zero-order valence-electron chi connectivity index (χ0n) is 14.2. The summed E-state index contributed by atoms with van der Waals surface area (Å²) in [5, 5.41) is 7.71. The summed E-state index contributed by atoms with van der Waals surface area (Å²) in [5.74, 6) is 0.439. The molecule has 0 bridgehead atoms. The van der Waals surface area contributed by atoms with Crippen LogP contribution in [0.25, 0.3) is 22.2 Å². The van der Waals surface area contributed by atoms with E-state index in [1.165, 1.54) is 12.1 Å². The van der Waals surface area contributed by atoms with Gasteiger partial charge in [-0.2, -0.15) is 13.2 Å². The van der Waals surface area contributed by atoms with Crippen LogP contribution in [0.15, 0.2) is 65.3 Å². The van der Waals surface area contributed by atoms with Crippen LogP contribution in [0.2, 0.25) is 0 Å². The number of benzene rings is 2. The van der Waals surface area contributed by atoms with Gasteiger partial charge >= 0.3 is 6.18 Å². The highest BCUT2D eigenvalue weighted by molar-refractivity contribution is 5.92. The SMILES string of the molecule is Cc1cccnc1-c1ccc2c(Nc3ccc(C(F)(F)F)cc3)noc2c1. The molecule has 0 unspecified atom stereocenters. The van der Waals surface area contributed by atoms with Gasteiger partial charge in [0.05, 0.1) is 16.6 Å². The van der Waals surface area contributed by atoms with Crippen molar-refractivity contribution in [1.29, 1.82) is 0 Å². The Hall–Kier alpha value is -3.35. The summed E-state index contributed by atoms with van der Waals surface area (Å²) in [6.07, 6.45) is -2.64. The summed E-state index contributed by atoms with van der Waals surface area (Å²) in [6.45, 7) is 1.98. The highest BCUT2D eigenvalue weighted by Gasteiger charge is 2.30. The number of nitrogens with zero attached hydrogens (tertiary/aromatic N) is 2. The molecule has 2 heterocycles. The van der Waals surface area contributed by atoms with Crippen molar-refractivity contribution in [2.24, 2.45) is 0 Å². The number of fused-ring (bicyclic) bond motifs is 1. The van der Waals surface area contributed by atoms with Crippen molar-refractivity contribution in [3.05, 3.63) is 71.9 Å². The van der Waals surface area contributed by atoms with Crippen LogP contribution >= 0.6 is 0 Å². The smallest absolute Gasteiger partial charge is 0.354 e. The Morgan fingerprint density at radius 1 is 1.00 bits per heavy atom. The number of aromatic nitrogens is 2. The summed E-state index contributed by atoms with van der Waals surface area (Å²) in [4.78, 5) is 4.39. The Kier molecular flexibility index (Phi) is 4.07. The van der Waals surface area contributed by atoms with Gasteiger partial charge < -0.3 is 9.84 Å². The highest BCUT2D eigenvalue weighted by atomic mass is 19.4. The van der Waals surface area contributed by atoms with Crippen molar-refractivity contribution in [1.82, 2.24) is 10.1 Å². The van der Waals surface area contributed by atoms with Gasteiger partial charge in [0, 0.05) is 17.4 Å². The normalized spacial score (nSPS) is 11.7. The molecule has 0 saturated carbocycles. The third-order valence-electron chi connectivity index (χ3n) is 4.23. The molecule has 0 aliphatic rings. The van der Waals surface area contributed by atoms with Crippen molar-refractivity contribution < 1.29 is 17.7 Å². The topological polar surface area (TPSA) is 51.0 Å². The fourth-order valence-corrected chi connectivity index (χ4v) is 2.84. The molecule has 0 spiro atoms. The number of hydrogen-bond donors (Lipinski definition) is 1. The highest BCUT2D eigenvalue weighted by Crippen LogP contribution is 2.32. The fraction of sp³-hybridized carbons (Fsp3) is 0.100. The van der Waals surface area contributed by atoms with Crippen LogP contribution in [0.3, 0.4) is 0 Å². The number of halogens is 3. The van der Waals surface area contributed by atoms with Crippen molar-refractivity contribution in [2.45, 2.75) is 13.1 Å². The van der Waals surface area contributed by atoms with Gasteiger partial charge in [0.15, 0.2) is 11.4 Å². The maximum atomic E-state index is 12.7. The van der Waals surface area contributed by atoms with Gasteiger partial charge in [-0.1, -0.05) is 17.3 Å². The van der Waals surface area contributed by atoms with E-state index in [-0.39, 0.29) is 0 Å². The molecule has 4 aromatic rings. The van der Waals surface area contributed by atoms with E-state index < -0.39 is 11.7 Å². The third kappa shape index (κ3) is 3.36. The second kappa shape index (κ2) is 6.42. The number of anilines is 2. The van der Waals surface area contributed by atoms with Gasteiger partial charge in [0.1, 0.15) is 0 Å². The molecule has 136 valence electrons. The van der Waals surface area contributed by atoms with E-state index in [1.807, 2.05) is 37.3 Å². The number of alkyl halides is 3. The average Bonchev–Trinajstić information content (AvgIpc) is 3.04. The lowest BCUT2D eigenvalue weighted by molar-refractivity contribution is -0.137. The number of nitrogens with one attached hydrogen (secondary N) is 1. The Bertz CT molecular complexity index is 1100. The van der Waals surface area contributed by atoms with Gasteiger partial charge in [-0.05, 0) is 55.0 Å². The van der Waals surface area contributed by atoms with E-state index in [0.29, 0.717) is 17.1 Å². The summed E-state index contributed by atoms with van der Waals surface area (Å²) in [5.41, 5.74) is 3.15. The second-order valence-corrected chi connectivity index (χ2v) is 6.11. The van der Waals surface area contributed by atoms with E-state index in [2.05, 4.69) is 15.5 Å². The lowest BCUT2D eigenvalue weighted by Crippen LogP contribution is -2.04. The molecule has 7 heteroatoms. The first kappa shape index (κ1) is 17.1. The first-order valence-corrected chi connectivity index (χ1v) is 8.17. The monoisotopic (exact) mass is 369 g/mol. The van der Waals surface area contributed by atoms with E-state index in [0.717, 1.165) is 34.3 Å². The molecule has 0 atom stereocenters. The van der Waals surface area contributed by atoms with E-state index >= 15 is 0 Å². The maximum Gasteiger partial charge on any atom is 0.416 e. The lowest BCUT2D eigenvalue weighted by atomic mass is 10.1. The van der Waals surface area contributed by atoms with Gasteiger partial charge in [0.25, 0.3) is 0 Å². The van der Waals surface area contributed by atoms with Crippen LogP contribution < -0.4 is 5.32 Å². The minimum absolute atomic E-state index is 0.439. The molecule has 4 rings (SSSR count). The summed E-state index contributed by atoms with van der Waals surface area (Å²) >= 11 is 0. The summed E-state index contributed by atoms with van der Waals surface area (Å²) in [6, 6.07) is 14.2. The van der Waals surface area contributed by atoms with E-state index in [4.69, 9.17) is 4.52 Å². The van der Waals surface area contributed by atoms with E-state index in [9.17, 15) is 13.2 Å². The van der Waals surface area contributed by atoms with Gasteiger partial charge in [-0.15, -0.1) is 0 Å². The molecule has 2 aromatic carbocycles. The standard InChI is InChI=1S/C20H14F3N3O/c1-12-3-2-10-24-18(12)13-4-9-16-17(11-13)27-26-19(16)25-15-7-5-14(6-8-15)20(21,22)23/h2-11H,1H3,(H,25,26). The third-order valence-corrected chi connectivity index (χ3v) is 4.23. The molecule has 0 fully saturated rings. The molecule has 1 N–H and O–H groups in total. The molecular formula is C20H14F3N3O.